The van der Waals surface area contributed by atoms with Gasteiger partial charge in [0.15, 0.2) is 5.65 Å². The number of carbonyl (C=O) groups is 4. The Balaban J connectivity index is 1.10. The first-order valence-corrected chi connectivity index (χ1v) is 13.4. The monoisotopic (exact) mass is 567 g/mol. The highest BCUT2D eigenvalue weighted by molar-refractivity contribution is 5.95. The first-order chi connectivity index (χ1) is 19.8. The lowest BCUT2D eigenvalue weighted by Crippen LogP contribution is -2.51. The number of hydrogen-bond donors (Lipinski definition) is 1. The van der Waals surface area contributed by atoms with Gasteiger partial charge in [0.1, 0.15) is 17.6 Å². The fraction of sp³-hybridized carbons (Fsp3) is 0.407. The molecule has 4 heterocycles. The molecule has 2 fully saturated rings. The van der Waals surface area contributed by atoms with Crippen LogP contribution in [0.5, 0.6) is 0 Å². The molecule has 41 heavy (non-hydrogen) atoms. The van der Waals surface area contributed by atoms with Crippen LogP contribution in [0.25, 0.3) is 5.65 Å². The van der Waals surface area contributed by atoms with E-state index in [1.807, 2.05) is 4.90 Å². The van der Waals surface area contributed by atoms with Gasteiger partial charge in [-0.1, -0.05) is 0 Å². The van der Waals surface area contributed by atoms with Crippen molar-refractivity contribution in [3.63, 3.8) is 0 Å². The summed E-state index contributed by atoms with van der Waals surface area (Å²) in [5, 5.41) is 2.60. The Labute approximate surface area is 234 Å². The SMILES string of the molecule is CCOC(=O)CC[C@H]1CN(c2ccc(N3CCN(C(=O)CNC(=O)c4cn5ccncc5n4)CC3)c(F)c2)C(=O)O1. The van der Waals surface area contributed by atoms with Crippen molar-refractivity contribution in [2.24, 2.45) is 0 Å². The molecule has 2 saturated heterocycles. The van der Waals surface area contributed by atoms with Crippen LogP contribution in [0.1, 0.15) is 30.3 Å². The largest absolute Gasteiger partial charge is 0.466 e. The minimum atomic E-state index is -0.594. The second kappa shape index (κ2) is 12.2. The molecule has 0 bridgehead atoms. The lowest BCUT2D eigenvalue weighted by molar-refractivity contribution is -0.143. The second-order valence-corrected chi connectivity index (χ2v) is 9.61. The van der Waals surface area contributed by atoms with E-state index >= 15 is 4.39 Å². The zero-order chi connectivity index (χ0) is 28.9. The molecule has 2 aromatic heterocycles. The third kappa shape index (κ3) is 6.36. The average Bonchev–Trinajstić information content (AvgIpc) is 3.58. The van der Waals surface area contributed by atoms with Gasteiger partial charge in [0.2, 0.25) is 5.91 Å². The van der Waals surface area contributed by atoms with Crippen LogP contribution in [-0.2, 0) is 19.1 Å². The Hall–Kier alpha value is -4.75. The normalized spacial score (nSPS) is 17.1. The summed E-state index contributed by atoms with van der Waals surface area (Å²) in [4.78, 5) is 62.0. The first kappa shape index (κ1) is 27.8. The second-order valence-electron chi connectivity index (χ2n) is 9.61. The number of halogens is 1. The van der Waals surface area contributed by atoms with Gasteiger partial charge in [0, 0.05) is 51.2 Å². The molecule has 3 amide bonds. The van der Waals surface area contributed by atoms with Crippen LogP contribution < -0.4 is 15.1 Å². The van der Waals surface area contributed by atoms with Gasteiger partial charge in [-0.05, 0) is 31.5 Å². The Morgan fingerprint density at radius 1 is 1.20 bits per heavy atom. The van der Waals surface area contributed by atoms with Crippen molar-refractivity contribution in [2.45, 2.75) is 25.9 Å². The van der Waals surface area contributed by atoms with Crippen molar-refractivity contribution >= 4 is 40.9 Å². The van der Waals surface area contributed by atoms with Crippen molar-refractivity contribution in [1.82, 2.24) is 24.6 Å². The predicted octanol–water partition coefficient (Wildman–Crippen LogP) is 1.62. The molecule has 0 radical (unpaired) electrons. The smallest absolute Gasteiger partial charge is 0.414 e. The molecule has 1 aromatic carbocycles. The lowest BCUT2D eigenvalue weighted by atomic mass is 10.1. The average molecular weight is 568 g/mol. The van der Waals surface area contributed by atoms with Crippen LogP contribution in [0.4, 0.5) is 20.6 Å². The minimum Gasteiger partial charge on any atom is -0.466 e. The van der Waals surface area contributed by atoms with E-state index in [0.29, 0.717) is 49.6 Å². The Kier molecular flexibility index (Phi) is 8.26. The molecule has 0 spiro atoms. The van der Waals surface area contributed by atoms with E-state index in [9.17, 15) is 19.2 Å². The van der Waals surface area contributed by atoms with Gasteiger partial charge in [0.25, 0.3) is 5.91 Å². The molecule has 216 valence electrons. The van der Waals surface area contributed by atoms with Crippen molar-refractivity contribution in [2.75, 3.05) is 55.7 Å². The minimum absolute atomic E-state index is 0.132. The number of amides is 3. The maximum absolute atomic E-state index is 15.1. The third-order valence-corrected chi connectivity index (χ3v) is 6.96. The maximum atomic E-state index is 15.1. The fourth-order valence-electron chi connectivity index (χ4n) is 4.82. The van der Waals surface area contributed by atoms with E-state index in [1.165, 1.54) is 17.2 Å². The summed E-state index contributed by atoms with van der Waals surface area (Å²) in [7, 11) is 0. The summed E-state index contributed by atoms with van der Waals surface area (Å²) >= 11 is 0. The molecule has 2 aliphatic heterocycles. The van der Waals surface area contributed by atoms with Gasteiger partial charge in [0.05, 0.1) is 37.3 Å². The summed E-state index contributed by atoms with van der Waals surface area (Å²) in [6, 6.07) is 4.54. The van der Waals surface area contributed by atoms with Crippen LogP contribution in [0.3, 0.4) is 0 Å². The van der Waals surface area contributed by atoms with Gasteiger partial charge >= 0.3 is 12.1 Å². The van der Waals surface area contributed by atoms with Gasteiger partial charge in [-0.25, -0.2) is 14.2 Å². The van der Waals surface area contributed by atoms with Gasteiger partial charge < -0.3 is 29.0 Å². The molecule has 0 saturated carbocycles. The zero-order valence-electron chi connectivity index (χ0n) is 22.5. The number of hydrogen-bond acceptors (Lipinski definition) is 9. The van der Waals surface area contributed by atoms with Crippen LogP contribution >= 0.6 is 0 Å². The number of aromatic nitrogens is 3. The van der Waals surface area contributed by atoms with E-state index < -0.39 is 23.9 Å². The number of cyclic esters (lactones) is 1. The highest BCUT2D eigenvalue weighted by atomic mass is 19.1. The van der Waals surface area contributed by atoms with Crippen molar-refractivity contribution in [1.29, 1.82) is 0 Å². The molecule has 0 unspecified atom stereocenters. The Morgan fingerprint density at radius 3 is 2.73 bits per heavy atom. The van der Waals surface area contributed by atoms with Crippen molar-refractivity contribution < 1.29 is 33.0 Å². The first-order valence-electron chi connectivity index (χ1n) is 13.4. The summed E-state index contributed by atoms with van der Waals surface area (Å²) < 4.78 is 27.0. The third-order valence-electron chi connectivity index (χ3n) is 6.96. The molecular weight excluding hydrogens is 537 g/mol. The molecule has 1 atom stereocenters. The lowest BCUT2D eigenvalue weighted by Gasteiger charge is -2.36. The van der Waals surface area contributed by atoms with Gasteiger partial charge in [-0.15, -0.1) is 0 Å². The van der Waals surface area contributed by atoms with Gasteiger partial charge in [-0.3, -0.25) is 24.3 Å². The Bertz CT molecular complexity index is 1420. The molecule has 0 aliphatic carbocycles. The topological polar surface area (TPSA) is 139 Å². The number of rotatable bonds is 9. The number of fused-ring (bicyclic) bond motifs is 1. The summed E-state index contributed by atoms with van der Waals surface area (Å²) in [6.07, 6.45) is 5.73. The summed E-state index contributed by atoms with van der Waals surface area (Å²) in [5.41, 5.74) is 1.43. The highest BCUT2D eigenvalue weighted by Gasteiger charge is 2.33. The van der Waals surface area contributed by atoms with E-state index in [-0.39, 0.29) is 43.7 Å². The number of carbonyl (C=O) groups excluding carboxylic acids is 4. The van der Waals surface area contributed by atoms with E-state index in [1.54, 1.807) is 46.9 Å². The number of ether oxygens (including phenoxy) is 2. The number of nitrogens with one attached hydrogen (secondary N) is 1. The zero-order valence-corrected chi connectivity index (χ0v) is 22.5. The summed E-state index contributed by atoms with van der Waals surface area (Å²) in [6.45, 7) is 3.55. The van der Waals surface area contributed by atoms with Crippen LogP contribution in [0.15, 0.2) is 43.0 Å². The fourth-order valence-corrected chi connectivity index (χ4v) is 4.82. The number of imidazole rings is 1. The number of esters is 1. The number of benzene rings is 1. The van der Waals surface area contributed by atoms with E-state index in [0.717, 1.165) is 0 Å². The quantitative estimate of drug-likeness (QED) is 0.382. The van der Waals surface area contributed by atoms with Crippen LogP contribution in [-0.4, -0.2) is 95.1 Å². The highest BCUT2D eigenvalue weighted by Crippen LogP contribution is 2.29. The molecule has 5 rings (SSSR count). The molecular formula is C27H30FN7O6. The molecule has 2 aliphatic rings. The maximum Gasteiger partial charge on any atom is 0.414 e. The van der Waals surface area contributed by atoms with Crippen LogP contribution in [0, 0.1) is 5.82 Å². The standard InChI is InChI=1S/C27H30FN7O6/c1-2-40-25(37)6-4-19-16-35(27(39)41-19)18-3-5-22(20(28)13-18)32-9-11-33(12-10-32)24(36)15-30-26(38)21-17-34-8-7-29-14-23(34)31-21/h3,5,7-8,13-14,17,19H,2,4,6,9-12,15-16H2,1H3,(H,30,38)/t19-/m0/s1. The van der Waals surface area contributed by atoms with Crippen molar-refractivity contribution in [3.8, 4) is 0 Å². The predicted molar refractivity (Wildman–Crippen MR) is 144 cm³/mol. The molecule has 14 heteroatoms. The Morgan fingerprint density at radius 2 is 2.00 bits per heavy atom. The molecule has 13 nitrogen and oxygen atoms in total. The summed E-state index contributed by atoms with van der Waals surface area (Å²) in [5.74, 6) is -1.57. The number of piperazine rings is 1. The number of nitrogens with zero attached hydrogens (tertiary/aromatic N) is 6. The van der Waals surface area contributed by atoms with E-state index in [2.05, 4.69) is 15.3 Å². The van der Waals surface area contributed by atoms with Gasteiger partial charge in [-0.2, -0.15) is 0 Å². The van der Waals surface area contributed by atoms with E-state index in [4.69, 9.17) is 9.47 Å². The molecule has 3 aromatic rings. The number of anilines is 2. The molecule has 1 N–H and O–H groups in total. The van der Waals surface area contributed by atoms with Crippen molar-refractivity contribution in [3.05, 3.63) is 54.5 Å². The van der Waals surface area contributed by atoms with Crippen LogP contribution in [0.2, 0.25) is 0 Å².